The number of carboxylic acids is 1. The molecule has 1 aromatic heterocycles. The van der Waals surface area contributed by atoms with Gasteiger partial charge in [-0.15, -0.1) is 0 Å². The van der Waals surface area contributed by atoms with E-state index in [0.29, 0.717) is 29.9 Å². The molecule has 7 nitrogen and oxygen atoms in total. The zero-order valence-electron chi connectivity index (χ0n) is 17.5. The lowest BCUT2D eigenvalue weighted by Gasteiger charge is -2.20. The lowest BCUT2D eigenvalue weighted by atomic mass is 10.0. The van der Waals surface area contributed by atoms with E-state index in [1.54, 1.807) is 0 Å². The topological polar surface area (TPSA) is 96.8 Å². The standard InChI is InChI=1S/C23H23FN2O5S/c1-31-22-9-6-15(24)12-19(22)21-14-18(23(27)28)17-13-16(7-8-20(17)25-21)32(29,30)26-10-4-2-3-5-11-26/h6-9,12-14H,2-5,10-11H2,1H3,(H,27,28). The van der Waals surface area contributed by atoms with Crippen molar-refractivity contribution >= 4 is 26.9 Å². The molecule has 0 amide bonds. The average Bonchev–Trinajstić information content (AvgIpc) is 3.08. The number of aromatic nitrogens is 1. The lowest BCUT2D eigenvalue weighted by Crippen LogP contribution is -2.31. The van der Waals surface area contributed by atoms with Gasteiger partial charge in [0.15, 0.2) is 0 Å². The van der Waals surface area contributed by atoms with Gasteiger partial charge in [0.2, 0.25) is 10.0 Å². The van der Waals surface area contributed by atoms with Crippen LogP contribution in [-0.4, -0.2) is 49.0 Å². The summed E-state index contributed by atoms with van der Waals surface area (Å²) in [6.07, 6.45) is 3.58. The number of pyridine rings is 1. The zero-order chi connectivity index (χ0) is 22.9. The van der Waals surface area contributed by atoms with Crippen molar-refractivity contribution in [3.63, 3.8) is 0 Å². The molecule has 0 spiro atoms. The summed E-state index contributed by atoms with van der Waals surface area (Å²) in [5, 5.41) is 10.0. The monoisotopic (exact) mass is 458 g/mol. The van der Waals surface area contributed by atoms with Crippen LogP contribution in [0, 0.1) is 5.82 Å². The normalized spacial score (nSPS) is 15.4. The van der Waals surface area contributed by atoms with E-state index in [1.165, 1.54) is 53.9 Å². The van der Waals surface area contributed by atoms with Crippen molar-refractivity contribution in [3.8, 4) is 17.0 Å². The van der Waals surface area contributed by atoms with Crippen molar-refractivity contribution < 1.29 is 27.4 Å². The van der Waals surface area contributed by atoms with Crippen LogP contribution in [0.4, 0.5) is 4.39 Å². The Labute approximate surface area is 185 Å². The maximum atomic E-state index is 13.9. The van der Waals surface area contributed by atoms with Gasteiger partial charge in [0, 0.05) is 24.0 Å². The summed E-state index contributed by atoms with van der Waals surface area (Å²) in [6, 6.07) is 9.49. The first-order valence-corrected chi connectivity index (χ1v) is 11.8. The van der Waals surface area contributed by atoms with Gasteiger partial charge in [0.25, 0.3) is 0 Å². The van der Waals surface area contributed by atoms with Crippen LogP contribution in [0.1, 0.15) is 36.0 Å². The first-order chi connectivity index (χ1) is 15.3. The number of aromatic carboxylic acids is 1. The lowest BCUT2D eigenvalue weighted by molar-refractivity contribution is 0.0699. The molecule has 4 rings (SSSR count). The van der Waals surface area contributed by atoms with Crippen molar-refractivity contribution in [2.75, 3.05) is 20.2 Å². The third-order valence-electron chi connectivity index (χ3n) is 5.65. The van der Waals surface area contributed by atoms with Crippen LogP contribution in [0.3, 0.4) is 0 Å². The molecule has 0 unspecified atom stereocenters. The summed E-state index contributed by atoms with van der Waals surface area (Å²) in [7, 11) is -2.33. The number of ether oxygens (including phenoxy) is 1. The smallest absolute Gasteiger partial charge is 0.336 e. The quantitative estimate of drug-likeness (QED) is 0.612. The van der Waals surface area contributed by atoms with Crippen LogP contribution < -0.4 is 4.74 Å². The Morgan fingerprint density at radius 1 is 1.06 bits per heavy atom. The van der Waals surface area contributed by atoms with E-state index < -0.39 is 21.8 Å². The van der Waals surface area contributed by atoms with Gasteiger partial charge in [-0.1, -0.05) is 12.8 Å². The van der Waals surface area contributed by atoms with Crippen molar-refractivity contribution in [2.24, 2.45) is 0 Å². The predicted molar refractivity (Wildman–Crippen MR) is 118 cm³/mol. The maximum Gasteiger partial charge on any atom is 0.336 e. The second kappa shape index (κ2) is 8.84. The predicted octanol–water partition coefficient (Wildman–Crippen LogP) is 4.31. The first-order valence-electron chi connectivity index (χ1n) is 10.3. The molecule has 168 valence electrons. The van der Waals surface area contributed by atoms with Gasteiger partial charge in [-0.05, 0) is 55.3 Å². The second-order valence-corrected chi connectivity index (χ2v) is 9.64. The molecule has 9 heteroatoms. The van der Waals surface area contributed by atoms with Gasteiger partial charge in [-0.2, -0.15) is 4.31 Å². The van der Waals surface area contributed by atoms with Crippen molar-refractivity contribution in [2.45, 2.75) is 30.6 Å². The number of sulfonamides is 1. The number of fused-ring (bicyclic) bond motifs is 1. The van der Waals surface area contributed by atoms with Crippen LogP contribution in [0.15, 0.2) is 47.4 Å². The molecule has 0 aliphatic carbocycles. The molecule has 1 aliphatic heterocycles. The fourth-order valence-corrected chi connectivity index (χ4v) is 5.54. The van der Waals surface area contributed by atoms with Crippen LogP contribution in [-0.2, 0) is 10.0 Å². The van der Waals surface area contributed by atoms with Gasteiger partial charge >= 0.3 is 5.97 Å². The van der Waals surface area contributed by atoms with Crippen LogP contribution in [0.25, 0.3) is 22.2 Å². The molecule has 1 N–H and O–H groups in total. The molecule has 0 radical (unpaired) electrons. The Hall–Kier alpha value is -3.04. The fraction of sp³-hybridized carbons (Fsp3) is 0.304. The molecule has 0 saturated carbocycles. The first kappa shape index (κ1) is 22.2. The number of methoxy groups -OCH3 is 1. The fourth-order valence-electron chi connectivity index (χ4n) is 3.99. The van der Waals surface area contributed by atoms with E-state index in [4.69, 9.17) is 4.74 Å². The number of hydrogen-bond donors (Lipinski definition) is 1. The highest BCUT2D eigenvalue weighted by Crippen LogP contribution is 2.33. The Morgan fingerprint density at radius 3 is 2.44 bits per heavy atom. The third kappa shape index (κ3) is 4.18. The summed E-state index contributed by atoms with van der Waals surface area (Å²) < 4.78 is 46.9. The highest BCUT2D eigenvalue weighted by Gasteiger charge is 2.26. The number of carboxylic acid groups (broad SMARTS) is 1. The van der Waals surface area contributed by atoms with E-state index in [1.807, 2.05) is 0 Å². The molecule has 32 heavy (non-hydrogen) atoms. The number of rotatable bonds is 5. The van der Waals surface area contributed by atoms with Gasteiger partial charge < -0.3 is 9.84 Å². The maximum absolute atomic E-state index is 13.9. The van der Waals surface area contributed by atoms with Gasteiger partial charge in [-0.3, -0.25) is 0 Å². The number of benzene rings is 2. The number of carbonyl (C=O) groups is 1. The summed E-state index contributed by atoms with van der Waals surface area (Å²) in [6.45, 7) is 0.894. The largest absolute Gasteiger partial charge is 0.496 e. The van der Waals surface area contributed by atoms with E-state index in [2.05, 4.69) is 4.98 Å². The van der Waals surface area contributed by atoms with E-state index in [9.17, 15) is 22.7 Å². The van der Waals surface area contributed by atoms with E-state index in [0.717, 1.165) is 25.7 Å². The molecular formula is C23H23FN2O5S. The Kier molecular flexibility index (Phi) is 6.12. The Balaban J connectivity index is 1.86. The van der Waals surface area contributed by atoms with Gasteiger partial charge in [0.05, 0.1) is 28.8 Å². The third-order valence-corrected chi connectivity index (χ3v) is 7.55. The summed E-state index contributed by atoms with van der Waals surface area (Å²) >= 11 is 0. The minimum atomic E-state index is -3.75. The summed E-state index contributed by atoms with van der Waals surface area (Å²) in [4.78, 5) is 16.5. The highest BCUT2D eigenvalue weighted by molar-refractivity contribution is 7.89. The van der Waals surface area contributed by atoms with Gasteiger partial charge in [0.1, 0.15) is 11.6 Å². The van der Waals surface area contributed by atoms with Crippen molar-refractivity contribution in [1.29, 1.82) is 0 Å². The molecular weight excluding hydrogens is 435 g/mol. The molecule has 0 bridgehead atoms. The minimum absolute atomic E-state index is 0.0345. The molecule has 2 aromatic carbocycles. The van der Waals surface area contributed by atoms with Crippen molar-refractivity contribution in [1.82, 2.24) is 9.29 Å². The highest BCUT2D eigenvalue weighted by atomic mass is 32.2. The molecule has 1 saturated heterocycles. The van der Waals surface area contributed by atoms with E-state index in [-0.39, 0.29) is 21.5 Å². The SMILES string of the molecule is COc1ccc(F)cc1-c1cc(C(=O)O)c2cc(S(=O)(=O)N3CCCCCC3)ccc2n1. The molecule has 1 fully saturated rings. The Bertz CT molecular complexity index is 1290. The van der Waals surface area contributed by atoms with E-state index >= 15 is 0 Å². The summed E-state index contributed by atoms with van der Waals surface area (Å²) in [5.41, 5.74) is 0.692. The minimum Gasteiger partial charge on any atom is -0.496 e. The number of hydrogen-bond acceptors (Lipinski definition) is 5. The van der Waals surface area contributed by atoms with Crippen LogP contribution >= 0.6 is 0 Å². The number of halogens is 1. The van der Waals surface area contributed by atoms with Crippen LogP contribution in [0.5, 0.6) is 5.75 Å². The number of nitrogens with zero attached hydrogens (tertiary/aromatic N) is 2. The van der Waals surface area contributed by atoms with Gasteiger partial charge in [-0.25, -0.2) is 22.6 Å². The second-order valence-electron chi connectivity index (χ2n) is 7.70. The average molecular weight is 459 g/mol. The Morgan fingerprint density at radius 2 is 1.78 bits per heavy atom. The molecule has 3 aromatic rings. The summed E-state index contributed by atoms with van der Waals surface area (Å²) in [5.74, 6) is -1.41. The zero-order valence-corrected chi connectivity index (χ0v) is 18.4. The molecule has 2 heterocycles. The van der Waals surface area contributed by atoms with Crippen LogP contribution in [0.2, 0.25) is 0 Å². The molecule has 0 atom stereocenters. The van der Waals surface area contributed by atoms with Crippen molar-refractivity contribution in [3.05, 3.63) is 53.8 Å². The molecule has 1 aliphatic rings.